The summed E-state index contributed by atoms with van der Waals surface area (Å²) >= 11 is 0. The third-order valence-electron chi connectivity index (χ3n) is 1.96. The van der Waals surface area contributed by atoms with Crippen LogP contribution in [0.15, 0.2) is 0 Å². The van der Waals surface area contributed by atoms with Gasteiger partial charge in [-0.3, -0.25) is 0 Å². The number of hydrogen-bond acceptors (Lipinski definition) is 2. The number of rotatable bonds is 6. The van der Waals surface area contributed by atoms with Crippen molar-refractivity contribution in [2.75, 3.05) is 0 Å². The zero-order valence-corrected chi connectivity index (χ0v) is 7.79. The molecule has 0 spiro atoms. The minimum atomic E-state index is -1.18. The predicted octanol–water partition coefficient (Wildman–Crippen LogP) is 1.65. The van der Waals surface area contributed by atoms with E-state index < -0.39 is 12.1 Å². The maximum Gasteiger partial charge on any atom is 0.332 e. The van der Waals surface area contributed by atoms with E-state index in [0.29, 0.717) is 12.3 Å². The van der Waals surface area contributed by atoms with E-state index in [1.54, 1.807) is 0 Å². The van der Waals surface area contributed by atoms with Crippen molar-refractivity contribution >= 4 is 5.97 Å². The highest BCUT2D eigenvalue weighted by molar-refractivity contribution is 5.71. The molecule has 0 heterocycles. The van der Waals surface area contributed by atoms with Gasteiger partial charge in [-0.15, -0.1) is 0 Å². The normalized spacial score (nSPS) is 15.6. The Labute approximate surface area is 73.4 Å². The highest BCUT2D eigenvalue weighted by Gasteiger charge is 2.16. The quantitative estimate of drug-likeness (QED) is 0.643. The van der Waals surface area contributed by atoms with E-state index in [1.807, 2.05) is 6.92 Å². The van der Waals surface area contributed by atoms with Gasteiger partial charge in [-0.25, -0.2) is 4.79 Å². The maximum absolute atomic E-state index is 10.3. The molecule has 0 aromatic rings. The van der Waals surface area contributed by atoms with Crippen LogP contribution in [-0.2, 0) is 4.79 Å². The molecule has 2 unspecified atom stereocenters. The fourth-order valence-electron chi connectivity index (χ4n) is 1.15. The molecule has 2 N–H and O–H groups in total. The Balaban J connectivity index is 3.53. The SMILES string of the molecule is CCCCC(C)CC(O)C(=O)O. The summed E-state index contributed by atoms with van der Waals surface area (Å²) in [5, 5.41) is 17.4. The monoisotopic (exact) mass is 174 g/mol. The molecule has 12 heavy (non-hydrogen) atoms. The first-order valence-electron chi connectivity index (χ1n) is 4.48. The Morgan fingerprint density at radius 2 is 2.08 bits per heavy atom. The molecule has 0 aliphatic rings. The van der Waals surface area contributed by atoms with Crippen molar-refractivity contribution in [2.24, 2.45) is 5.92 Å². The van der Waals surface area contributed by atoms with Gasteiger partial charge in [0.25, 0.3) is 0 Å². The second-order valence-corrected chi connectivity index (χ2v) is 3.34. The van der Waals surface area contributed by atoms with Crippen molar-refractivity contribution in [3.8, 4) is 0 Å². The van der Waals surface area contributed by atoms with Crippen LogP contribution in [0, 0.1) is 5.92 Å². The number of unbranched alkanes of at least 4 members (excludes halogenated alkanes) is 1. The second-order valence-electron chi connectivity index (χ2n) is 3.34. The van der Waals surface area contributed by atoms with Crippen LogP contribution in [0.4, 0.5) is 0 Å². The van der Waals surface area contributed by atoms with Crippen LogP contribution in [0.25, 0.3) is 0 Å². The lowest BCUT2D eigenvalue weighted by molar-refractivity contribution is -0.147. The van der Waals surface area contributed by atoms with Crippen molar-refractivity contribution in [3.63, 3.8) is 0 Å². The van der Waals surface area contributed by atoms with Crippen LogP contribution in [-0.4, -0.2) is 22.3 Å². The number of aliphatic carboxylic acids is 1. The molecule has 0 amide bonds. The summed E-state index contributed by atoms with van der Waals surface area (Å²) in [7, 11) is 0. The van der Waals surface area contributed by atoms with E-state index in [0.717, 1.165) is 19.3 Å². The Bertz CT molecular complexity index is 134. The summed E-state index contributed by atoms with van der Waals surface area (Å²) in [6.07, 6.45) is 2.41. The number of aliphatic hydroxyl groups is 1. The van der Waals surface area contributed by atoms with Gasteiger partial charge in [-0.1, -0.05) is 33.1 Å². The van der Waals surface area contributed by atoms with Gasteiger partial charge < -0.3 is 10.2 Å². The van der Waals surface area contributed by atoms with E-state index in [1.165, 1.54) is 0 Å². The minimum absolute atomic E-state index is 0.302. The largest absolute Gasteiger partial charge is 0.479 e. The summed E-state index contributed by atoms with van der Waals surface area (Å²) in [5.41, 5.74) is 0. The van der Waals surface area contributed by atoms with Crippen molar-refractivity contribution in [1.82, 2.24) is 0 Å². The molecule has 0 fully saturated rings. The molecule has 3 heteroatoms. The lowest BCUT2D eigenvalue weighted by Crippen LogP contribution is -2.22. The Morgan fingerprint density at radius 1 is 1.50 bits per heavy atom. The molecular weight excluding hydrogens is 156 g/mol. The van der Waals surface area contributed by atoms with Gasteiger partial charge in [0.2, 0.25) is 0 Å². The zero-order chi connectivity index (χ0) is 9.56. The van der Waals surface area contributed by atoms with Gasteiger partial charge in [0.15, 0.2) is 6.10 Å². The Hall–Kier alpha value is -0.570. The standard InChI is InChI=1S/C9H18O3/c1-3-4-5-7(2)6-8(10)9(11)12/h7-8,10H,3-6H2,1-2H3,(H,11,12). The van der Waals surface area contributed by atoms with Crippen LogP contribution >= 0.6 is 0 Å². The van der Waals surface area contributed by atoms with E-state index in [9.17, 15) is 4.79 Å². The lowest BCUT2D eigenvalue weighted by atomic mass is 9.98. The van der Waals surface area contributed by atoms with E-state index in [-0.39, 0.29) is 0 Å². The minimum Gasteiger partial charge on any atom is -0.479 e. The fraction of sp³-hybridized carbons (Fsp3) is 0.889. The van der Waals surface area contributed by atoms with Gasteiger partial charge >= 0.3 is 5.97 Å². The third kappa shape index (κ3) is 5.13. The molecule has 0 aromatic heterocycles. The number of carboxylic acid groups (broad SMARTS) is 1. The summed E-state index contributed by atoms with van der Waals surface area (Å²) in [6, 6.07) is 0. The topological polar surface area (TPSA) is 57.5 Å². The molecule has 0 rings (SSSR count). The first-order chi connectivity index (χ1) is 5.57. The molecule has 0 saturated heterocycles. The third-order valence-corrected chi connectivity index (χ3v) is 1.96. The smallest absolute Gasteiger partial charge is 0.332 e. The van der Waals surface area contributed by atoms with Crippen LogP contribution < -0.4 is 0 Å². The Kier molecular flexibility index (Phi) is 5.72. The van der Waals surface area contributed by atoms with Crippen LogP contribution in [0.1, 0.15) is 39.5 Å². The molecule has 0 aliphatic heterocycles. The van der Waals surface area contributed by atoms with Gasteiger partial charge in [0.1, 0.15) is 0 Å². The van der Waals surface area contributed by atoms with E-state index >= 15 is 0 Å². The first kappa shape index (κ1) is 11.4. The average molecular weight is 174 g/mol. The van der Waals surface area contributed by atoms with Crippen molar-refractivity contribution in [1.29, 1.82) is 0 Å². The molecule has 0 radical (unpaired) electrons. The number of carboxylic acids is 1. The van der Waals surface area contributed by atoms with Crippen LogP contribution in [0.5, 0.6) is 0 Å². The number of hydrogen-bond donors (Lipinski definition) is 2. The van der Waals surface area contributed by atoms with Crippen molar-refractivity contribution < 1.29 is 15.0 Å². The molecule has 0 aromatic carbocycles. The zero-order valence-electron chi connectivity index (χ0n) is 7.79. The maximum atomic E-state index is 10.3. The summed E-state index contributed by atoms with van der Waals surface area (Å²) < 4.78 is 0. The number of carbonyl (C=O) groups is 1. The van der Waals surface area contributed by atoms with Crippen molar-refractivity contribution in [2.45, 2.75) is 45.6 Å². The van der Waals surface area contributed by atoms with Gasteiger partial charge in [-0.2, -0.15) is 0 Å². The van der Waals surface area contributed by atoms with Gasteiger partial charge in [-0.05, 0) is 12.3 Å². The molecule has 0 bridgehead atoms. The molecule has 0 aliphatic carbocycles. The first-order valence-corrected chi connectivity index (χ1v) is 4.48. The molecule has 72 valence electrons. The molecule has 3 nitrogen and oxygen atoms in total. The highest BCUT2D eigenvalue weighted by atomic mass is 16.4. The Morgan fingerprint density at radius 3 is 2.50 bits per heavy atom. The van der Waals surface area contributed by atoms with Gasteiger partial charge in [0, 0.05) is 0 Å². The average Bonchev–Trinajstić information content (AvgIpc) is 2.00. The summed E-state index contributed by atoms with van der Waals surface area (Å²) in [5.74, 6) is -0.811. The molecular formula is C9H18O3. The molecule has 0 saturated carbocycles. The number of aliphatic hydroxyl groups excluding tert-OH is 1. The second kappa shape index (κ2) is 6.00. The van der Waals surface area contributed by atoms with Gasteiger partial charge in [0.05, 0.1) is 0 Å². The van der Waals surface area contributed by atoms with E-state index in [2.05, 4.69) is 6.92 Å². The predicted molar refractivity (Wildman–Crippen MR) is 46.9 cm³/mol. The fourth-order valence-corrected chi connectivity index (χ4v) is 1.15. The summed E-state index contributed by atoms with van der Waals surface area (Å²) in [4.78, 5) is 10.3. The van der Waals surface area contributed by atoms with Crippen LogP contribution in [0.2, 0.25) is 0 Å². The molecule has 2 atom stereocenters. The lowest BCUT2D eigenvalue weighted by Gasteiger charge is -2.12. The summed E-state index contributed by atoms with van der Waals surface area (Å²) in [6.45, 7) is 4.07. The van der Waals surface area contributed by atoms with E-state index in [4.69, 9.17) is 10.2 Å². The van der Waals surface area contributed by atoms with Crippen molar-refractivity contribution in [3.05, 3.63) is 0 Å². The highest BCUT2D eigenvalue weighted by Crippen LogP contribution is 2.13. The van der Waals surface area contributed by atoms with Crippen LogP contribution in [0.3, 0.4) is 0 Å².